The molecule has 0 aliphatic heterocycles. The van der Waals surface area contributed by atoms with Gasteiger partial charge in [0.15, 0.2) is 5.76 Å². The van der Waals surface area contributed by atoms with Gasteiger partial charge in [0, 0.05) is 0 Å². The second-order valence-corrected chi connectivity index (χ2v) is 4.72. The van der Waals surface area contributed by atoms with Crippen LogP contribution in [0.4, 0.5) is 0 Å². The average Bonchev–Trinajstić information content (AvgIpc) is 3.07. The van der Waals surface area contributed by atoms with Crippen LogP contribution in [0.5, 0.6) is 0 Å². The molecular weight excluding hydrogens is 250 g/mol. The topological polar surface area (TPSA) is 75.8 Å². The molecule has 3 aromatic heterocycles. The van der Waals surface area contributed by atoms with Crippen molar-refractivity contribution in [2.24, 2.45) is 0 Å². The minimum Gasteiger partial charge on any atom is -0.461 e. The fraction of sp³-hybridized carbons (Fsp3) is 0.0833. The first-order valence-electron chi connectivity index (χ1n) is 5.16. The third kappa shape index (κ3) is 1.71. The van der Waals surface area contributed by atoms with E-state index >= 15 is 0 Å². The lowest BCUT2D eigenvalue weighted by atomic mass is 10.3. The number of nitriles is 1. The number of rotatable bonds is 2. The Morgan fingerprint density at radius 1 is 1.33 bits per heavy atom. The minimum absolute atomic E-state index is 0.396. The Hall–Kier alpha value is -2.39. The summed E-state index contributed by atoms with van der Waals surface area (Å²) in [7, 11) is 0. The molecule has 0 unspecified atom stereocenters. The van der Waals surface area contributed by atoms with E-state index in [1.165, 1.54) is 11.3 Å². The van der Waals surface area contributed by atoms with Crippen LogP contribution in [0.25, 0.3) is 22.4 Å². The van der Waals surface area contributed by atoms with Crippen LogP contribution in [0, 0.1) is 18.3 Å². The maximum absolute atomic E-state index is 8.77. The number of furan rings is 1. The molecule has 0 aliphatic rings. The number of aromatic nitrogens is 2. The minimum atomic E-state index is 0.396. The van der Waals surface area contributed by atoms with Gasteiger partial charge in [-0.15, -0.1) is 11.3 Å². The van der Waals surface area contributed by atoms with E-state index in [0.29, 0.717) is 22.4 Å². The highest BCUT2D eigenvalue weighted by Gasteiger charge is 2.16. The molecule has 3 heterocycles. The van der Waals surface area contributed by atoms with Crippen molar-refractivity contribution in [1.29, 1.82) is 5.26 Å². The molecule has 88 valence electrons. The molecule has 0 saturated heterocycles. The zero-order chi connectivity index (χ0) is 12.5. The van der Waals surface area contributed by atoms with Crippen molar-refractivity contribution < 1.29 is 8.94 Å². The number of nitrogens with zero attached hydrogens (tertiary/aromatic N) is 3. The van der Waals surface area contributed by atoms with Gasteiger partial charge in [-0.1, -0.05) is 5.16 Å². The summed E-state index contributed by atoms with van der Waals surface area (Å²) in [5.41, 5.74) is 0.950. The molecule has 3 rings (SSSR count). The van der Waals surface area contributed by atoms with E-state index in [9.17, 15) is 0 Å². The van der Waals surface area contributed by atoms with Crippen LogP contribution in [0.2, 0.25) is 0 Å². The van der Waals surface area contributed by atoms with Crippen molar-refractivity contribution in [3.8, 4) is 28.4 Å². The van der Waals surface area contributed by atoms with E-state index in [0.717, 1.165) is 10.4 Å². The molecule has 0 fully saturated rings. The third-order valence-electron chi connectivity index (χ3n) is 2.42. The highest BCUT2D eigenvalue weighted by atomic mass is 32.1. The normalized spacial score (nSPS) is 10.4. The molecule has 0 spiro atoms. The summed E-state index contributed by atoms with van der Waals surface area (Å²) in [4.78, 5) is 5.64. The van der Waals surface area contributed by atoms with Crippen LogP contribution in [-0.4, -0.2) is 10.1 Å². The van der Waals surface area contributed by atoms with Crippen molar-refractivity contribution in [2.75, 3.05) is 0 Å². The maximum Gasteiger partial charge on any atom is 0.268 e. The van der Waals surface area contributed by atoms with Gasteiger partial charge in [-0.25, -0.2) is 0 Å². The first-order chi connectivity index (χ1) is 8.78. The molecule has 0 amide bonds. The van der Waals surface area contributed by atoms with Gasteiger partial charge < -0.3 is 8.94 Å². The summed E-state index contributed by atoms with van der Waals surface area (Å²) in [6.45, 7) is 1.91. The molecule has 0 bridgehead atoms. The molecule has 3 aromatic rings. The monoisotopic (exact) mass is 257 g/mol. The molecule has 0 saturated carbocycles. The molecule has 18 heavy (non-hydrogen) atoms. The van der Waals surface area contributed by atoms with Gasteiger partial charge >= 0.3 is 0 Å². The summed E-state index contributed by atoms with van der Waals surface area (Å²) in [6.07, 6.45) is 1.58. The first kappa shape index (κ1) is 10.7. The summed E-state index contributed by atoms with van der Waals surface area (Å²) >= 11 is 1.31. The summed E-state index contributed by atoms with van der Waals surface area (Å²) in [5, 5.41) is 12.6. The second-order valence-electron chi connectivity index (χ2n) is 3.63. The van der Waals surface area contributed by atoms with Crippen molar-refractivity contribution >= 4 is 11.3 Å². The smallest absolute Gasteiger partial charge is 0.268 e. The lowest BCUT2D eigenvalue weighted by Gasteiger charge is -1.87. The molecule has 0 radical (unpaired) electrons. The summed E-state index contributed by atoms with van der Waals surface area (Å²) in [6, 6.07) is 7.42. The van der Waals surface area contributed by atoms with E-state index in [-0.39, 0.29) is 0 Å². The molecule has 0 aromatic carbocycles. The molecule has 0 atom stereocenters. The van der Waals surface area contributed by atoms with Crippen LogP contribution >= 0.6 is 11.3 Å². The van der Waals surface area contributed by atoms with Gasteiger partial charge in [0.25, 0.3) is 5.89 Å². The average molecular weight is 257 g/mol. The molecule has 5 nitrogen and oxygen atoms in total. The summed E-state index contributed by atoms with van der Waals surface area (Å²) in [5.74, 6) is 1.41. The predicted octanol–water partition coefficient (Wildman–Crippen LogP) is 3.24. The largest absolute Gasteiger partial charge is 0.461 e. The Morgan fingerprint density at radius 3 is 2.89 bits per heavy atom. The van der Waals surface area contributed by atoms with Crippen LogP contribution in [-0.2, 0) is 0 Å². The Morgan fingerprint density at radius 2 is 2.22 bits per heavy atom. The van der Waals surface area contributed by atoms with Crippen LogP contribution in [0.3, 0.4) is 0 Å². The maximum atomic E-state index is 8.77. The number of hydrogen-bond acceptors (Lipinski definition) is 6. The lowest BCUT2D eigenvalue weighted by Crippen LogP contribution is -1.79. The zero-order valence-electron chi connectivity index (χ0n) is 9.38. The van der Waals surface area contributed by atoms with Gasteiger partial charge in [0.2, 0.25) is 5.82 Å². The predicted molar refractivity (Wildman–Crippen MR) is 64.8 cm³/mol. The van der Waals surface area contributed by atoms with Gasteiger partial charge in [0.05, 0.1) is 11.1 Å². The van der Waals surface area contributed by atoms with Crippen molar-refractivity contribution in [3.63, 3.8) is 0 Å². The van der Waals surface area contributed by atoms with Crippen LogP contribution in [0.15, 0.2) is 33.4 Å². The van der Waals surface area contributed by atoms with Crippen molar-refractivity contribution in [2.45, 2.75) is 6.92 Å². The zero-order valence-corrected chi connectivity index (χ0v) is 10.2. The summed E-state index contributed by atoms with van der Waals surface area (Å²) < 4.78 is 10.5. The van der Waals surface area contributed by atoms with Gasteiger partial charge in [-0.05, 0) is 30.7 Å². The van der Waals surface area contributed by atoms with Crippen LogP contribution < -0.4 is 0 Å². The highest BCUT2D eigenvalue weighted by molar-refractivity contribution is 7.15. The molecule has 0 aliphatic carbocycles. The number of thiophene rings is 1. The van der Waals surface area contributed by atoms with Crippen molar-refractivity contribution in [1.82, 2.24) is 10.1 Å². The van der Waals surface area contributed by atoms with Crippen molar-refractivity contribution in [3.05, 3.63) is 34.9 Å². The van der Waals surface area contributed by atoms with Crippen LogP contribution in [0.1, 0.15) is 10.4 Å². The van der Waals surface area contributed by atoms with E-state index in [1.807, 2.05) is 13.0 Å². The lowest BCUT2D eigenvalue weighted by molar-refractivity contribution is 0.430. The van der Waals surface area contributed by atoms with E-state index in [4.69, 9.17) is 14.2 Å². The fourth-order valence-corrected chi connectivity index (χ4v) is 2.26. The van der Waals surface area contributed by atoms with Gasteiger partial charge in [-0.3, -0.25) is 0 Å². The SMILES string of the molecule is Cc1ccoc1-c1noc(-c2ccc(C#N)s2)n1. The Labute approximate surface area is 106 Å². The number of hydrogen-bond donors (Lipinski definition) is 0. The van der Waals surface area contributed by atoms with E-state index < -0.39 is 0 Å². The standard InChI is InChI=1S/C12H7N3O2S/c1-7-4-5-16-10(7)11-14-12(17-15-11)9-3-2-8(6-13)18-9/h2-5H,1H3. The first-order valence-corrected chi connectivity index (χ1v) is 5.98. The fourth-order valence-electron chi connectivity index (χ4n) is 1.53. The Kier molecular flexibility index (Phi) is 2.46. The Balaban J connectivity index is 1.99. The molecule has 6 heteroatoms. The number of aryl methyl sites for hydroxylation is 1. The Bertz CT molecular complexity index is 732. The quantitative estimate of drug-likeness (QED) is 0.704. The van der Waals surface area contributed by atoms with E-state index in [1.54, 1.807) is 18.4 Å². The second kappa shape index (κ2) is 4.13. The highest BCUT2D eigenvalue weighted by Crippen LogP contribution is 2.29. The van der Waals surface area contributed by atoms with E-state index in [2.05, 4.69) is 16.2 Å². The molecular formula is C12H7N3O2S. The van der Waals surface area contributed by atoms with Gasteiger partial charge in [-0.2, -0.15) is 10.2 Å². The third-order valence-corrected chi connectivity index (χ3v) is 3.40. The van der Waals surface area contributed by atoms with Gasteiger partial charge in [0.1, 0.15) is 10.9 Å². The molecule has 0 N–H and O–H groups in total.